The Hall–Kier alpha value is -3.15. The molecule has 6 heteroatoms. The maximum absolute atomic E-state index is 13.0. The molecule has 1 atom stereocenters. The Morgan fingerprint density at radius 1 is 1.15 bits per heavy atom. The fraction of sp³-hybridized carbons (Fsp3) is 0.286. The lowest BCUT2D eigenvalue weighted by atomic mass is 10.1. The maximum Gasteiger partial charge on any atom is 0.322 e. The normalized spacial score (nSPS) is 16.5. The van der Waals surface area contributed by atoms with Gasteiger partial charge in [0, 0.05) is 24.6 Å². The number of pyridine rings is 1. The van der Waals surface area contributed by atoms with Crippen LogP contribution in [-0.2, 0) is 0 Å². The van der Waals surface area contributed by atoms with Crippen molar-refractivity contribution in [3.05, 3.63) is 71.8 Å². The summed E-state index contributed by atoms with van der Waals surface area (Å²) in [4.78, 5) is 19.0. The van der Waals surface area contributed by atoms with Gasteiger partial charge in [0.05, 0.1) is 23.1 Å². The van der Waals surface area contributed by atoms with E-state index in [0.717, 1.165) is 47.7 Å². The third-order valence-electron chi connectivity index (χ3n) is 4.99. The van der Waals surface area contributed by atoms with Gasteiger partial charge in [0.2, 0.25) is 0 Å². The molecule has 1 unspecified atom stereocenters. The highest BCUT2D eigenvalue weighted by atomic mass is 16.2. The number of benzene rings is 1. The van der Waals surface area contributed by atoms with E-state index in [-0.39, 0.29) is 12.1 Å². The molecule has 3 aromatic rings. The van der Waals surface area contributed by atoms with Crippen LogP contribution in [-0.4, -0.2) is 32.2 Å². The van der Waals surface area contributed by atoms with E-state index in [0.29, 0.717) is 0 Å². The Morgan fingerprint density at radius 2 is 1.93 bits per heavy atom. The fourth-order valence-corrected chi connectivity index (χ4v) is 3.77. The highest BCUT2D eigenvalue weighted by Gasteiger charge is 2.30. The molecule has 4 rings (SSSR count). The predicted molar refractivity (Wildman–Crippen MR) is 105 cm³/mol. The number of aromatic nitrogens is 3. The van der Waals surface area contributed by atoms with Gasteiger partial charge < -0.3 is 10.2 Å². The van der Waals surface area contributed by atoms with E-state index in [4.69, 9.17) is 0 Å². The van der Waals surface area contributed by atoms with Crippen LogP contribution in [0.2, 0.25) is 0 Å². The zero-order valence-electron chi connectivity index (χ0n) is 15.6. The Kier molecular flexibility index (Phi) is 4.62. The lowest BCUT2D eigenvalue weighted by Crippen LogP contribution is -2.34. The summed E-state index contributed by atoms with van der Waals surface area (Å²) in [6.07, 6.45) is 5.53. The van der Waals surface area contributed by atoms with Crippen LogP contribution >= 0.6 is 0 Å². The number of nitrogens with zero attached hydrogens (tertiary/aromatic N) is 4. The third kappa shape index (κ3) is 3.43. The maximum atomic E-state index is 13.0. The molecule has 0 saturated carbocycles. The molecule has 138 valence electrons. The molecule has 0 spiro atoms. The van der Waals surface area contributed by atoms with Crippen LogP contribution in [0.3, 0.4) is 0 Å². The van der Waals surface area contributed by atoms with Crippen molar-refractivity contribution < 1.29 is 4.79 Å². The molecule has 1 saturated heterocycles. The number of likely N-dealkylation sites (tertiary alicyclic amines) is 1. The number of hydrogen-bond acceptors (Lipinski definition) is 3. The molecule has 6 nitrogen and oxygen atoms in total. The van der Waals surface area contributed by atoms with Crippen LogP contribution in [0.15, 0.2) is 54.9 Å². The van der Waals surface area contributed by atoms with Crippen molar-refractivity contribution in [1.82, 2.24) is 19.7 Å². The molecule has 1 fully saturated rings. The van der Waals surface area contributed by atoms with E-state index in [1.807, 2.05) is 65.9 Å². The predicted octanol–water partition coefficient (Wildman–Crippen LogP) is 4.25. The monoisotopic (exact) mass is 361 g/mol. The Labute approximate surface area is 158 Å². The second-order valence-corrected chi connectivity index (χ2v) is 6.92. The SMILES string of the molecule is Cc1cc(C)n(-c2ccccc2NC(=O)N2CCCC2c2ccncc2)n1. The number of hydrogen-bond donors (Lipinski definition) is 1. The number of aryl methyl sites for hydroxylation is 2. The number of carbonyl (C=O) groups is 1. The van der Waals surface area contributed by atoms with Gasteiger partial charge in [-0.1, -0.05) is 12.1 Å². The van der Waals surface area contributed by atoms with Gasteiger partial charge in [0.15, 0.2) is 0 Å². The van der Waals surface area contributed by atoms with Crippen LogP contribution in [0.25, 0.3) is 5.69 Å². The zero-order chi connectivity index (χ0) is 18.8. The number of amides is 2. The van der Waals surface area contributed by atoms with E-state index >= 15 is 0 Å². The molecule has 1 aliphatic heterocycles. The first-order chi connectivity index (χ1) is 13.1. The smallest absolute Gasteiger partial charge is 0.317 e. The van der Waals surface area contributed by atoms with E-state index in [1.165, 1.54) is 0 Å². The lowest BCUT2D eigenvalue weighted by molar-refractivity contribution is 0.207. The van der Waals surface area contributed by atoms with Crippen molar-refractivity contribution in [2.75, 3.05) is 11.9 Å². The van der Waals surface area contributed by atoms with Crippen LogP contribution < -0.4 is 5.32 Å². The van der Waals surface area contributed by atoms with Crippen LogP contribution in [0.5, 0.6) is 0 Å². The average Bonchev–Trinajstić information content (AvgIpc) is 3.29. The van der Waals surface area contributed by atoms with Crippen molar-refractivity contribution >= 4 is 11.7 Å². The van der Waals surface area contributed by atoms with Crippen LogP contribution in [0, 0.1) is 13.8 Å². The molecule has 0 radical (unpaired) electrons. The molecule has 1 aromatic carbocycles. The minimum Gasteiger partial charge on any atom is -0.317 e. The standard InChI is InChI=1S/C21H23N5O/c1-15-14-16(2)26(24-15)20-7-4-3-6-18(20)23-21(27)25-13-5-8-19(25)17-9-11-22-12-10-17/h3-4,6-7,9-12,14,19H,5,8,13H2,1-2H3,(H,23,27). The number of rotatable bonds is 3. The van der Waals surface area contributed by atoms with E-state index in [9.17, 15) is 4.79 Å². The van der Waals surface area contributed by atoms with Crippen molar-refractivity contribution in [3.63, 3.8) is 0 Å². The Bertz CT molecular complexity index is 950. The number of carbonyl (C=O) groups excluding carboxylic acids is 1. The zero-order valence-corrected chi connectivity index (χ0v) is 15.6. The molecule has 27 heavy (non-hydrogen) atoms. The minimum absolute atomic E-state index is 0.0803. The van der Waals surface area contributed by atoms with Crippen molar-refractivity contribution in [2.24, 2.45) is 0 Å². The van der Waals surface area contributed by atoms with Gasteiger partial charge in [0.25, 0.3) is 0 Å². The van der Waals surface area contributed by atoms with Crippen LogP contribution in [0.1, 0.15) is 35.8 Å². The van der Waals surface area contributed by atoms with Gasteiger partial charge >= 0.3 is 6.03 Å². The first kappa shape index (κ1) is 17.3. The summed E-state index contributed by atoms with van der Waals surface area (Å²) < 4.78 is 1.87. The summed E-state index contributed by atoms with van der Waals surface area (Å²) in [6, 6.07) is 13.8. The summed E-state index contributed by atoms with van der Waals surface area (Å²) in [6.45, 7) is 4.73. The van der Waals surface area contributed by atoms with Gasteiger partial charge in [-0.15, -0.1) is 0 Å². The first-order valence-electron chi connectivity index (χ1n) is 9.24. The number of nitrogens with one attached hydrogen (secondary N) is 1. The molecule has 2 aromatic heterocycles. The second kappa shape index (κ2) is 7.23. The van der Waals surface area contributed by atoms with Crippen molar-refractivity contribution in [2.45, 2.75) is 32.7 Å². The quantitative estimate of drug-likeness (QED) is 0.758. The number of para-hydroxylation sites is 2. The highest BCUT2D eigenvalue weighted by Crippen LogP contribution is 2.32. The Balaban J connectivity index is 1.59. The molecule has 1 N–H and O–H groups in total. The molecule has 0 bridgehead atoms. The summed E-state index contributed by atoms with van der Waals surface area (Å²) >= 11 is 0. The summed E-state index contributed by atoms with van der Waals surface area (Å²) in [5.41, 5.74) is 4.74. The Morgan fingerprint density at radius 3 is 2.67 bits per heavy atom. The summed E-state index contributed by atoms with van der Waals surface area (Å²) in [5.74, 6) is 0. The average molecular weight is 361 g/mol. The third-order valence-corrected chi connectivity index (χ3v) is 4.99. The molecule has 0 aliphatic carbocycles. The van der Waals surface area contributed by atoms with E-state index in [1.54, 1.807) is 12.4 Å². The van der Waals surface area contributed by atoms with Crippen molar-refractivity contribution in [3.8, 4) is 5.69 Å². The molecular formula is C21H23N5O. The van der Waals surface area contributed by atoms with Gasteiger partial charge in [-0.25, -0.2) is 9.48 Å². The van der Waals surface area contributed by atoms with Gasteiger partial charge in [-0.2, -0.15) is 5.10 Å². The van der Waals surface area contributed by atoms with Gasteiger partial charge in [-0.05, 0) is 62.6 Å². The van der Waals surface area contributed by atoms with E-state index in [2.05, 4.69) is 15.4 Å². The second-order valence-electron chi connectivity index (χ2n) is 6.92. The summed E-state index contributed by atoms with van der Waals surface area (Å²) in [7, 11) is 0. The molecule has 2 amide bonds. The van der Waals surface area contributed by atoms with Gasteiger partial charge in [0.1, 0.15) is 0 Å². The molecule has 3 heterocycles. The largest absolute Gasteiger partial charge is 0.322 e. The minimum atomic E-state index is -0.0803. The topological polar surface area (TPSA) is 63.1 Å². The van der Waals surface area contributed by atoms with Crippen molar-refractivity contribution in [1.29, 1.82) is 0 Å². The number of urea groups is 1. The van der Waals surface area contributed by atoms with Crippen LogP contribution in [0.4, 0.5) is 10.5 Å². The van der Waals surface area contributed by atoms with Gasteiger partial charge in [-0.3, -0.25) is 4.98 Å². The first-order valence-corrected chi connectivity index (χ1v) is 9.24. The molecular weight excluding hydrogens is 338 g/mol. The van der Waals surface area contributed by atoms with E-state index < -0.39 is 0 Å². The number of anilines is 1. The lowest BCUT2D eigenvalue weighted by Gasteiger charge is -2.26. The highest BCUT2D eigenvalue weighted by molar-refractivity contribution is 5.92. The summed E-state index contributed by atoms with van der Waals surface area (Å²) in [5, 5.41) is 7.65. The fourth-order valence-electron chi connectivity index (χ4n) is 3.77. The molecule has 1 aliphatic rings.